The monoisotopic (exact) mass is 555 g/mol. The first kappa shape index (κ1) is 34.1. The van der Waals surface area contributed by atoms with Crippen molar-refractivity contribution in [2.45, 2.75) is 34.6 Å². The van der Waals surface area contributed by atoms with E-state index in [1.807, 2.05) is 45.0 Å². The molecular formula is C24H37N5O6S2. The molecular weight excluding hydrogens is 518 g/mol. The fourth-order valence-electron chi connectivity index (χ4n) is 2.80. The van der Waals surface area contributed by atoms with Crippen molar-refractivity contribution in [2.75, 3.05) is 62.5 Å². The molecule has 0 radical (unpaired) electrons. The van der Waals surface area contributed by atoms with Gasteiger partial charge in [-0.25, -0.2) is 4.18 Å². The summed E-state index contributed by atoms with van der Waals surface area (Å²) in [5, 5.41) is 17.6. The van der Waals surface area contributed by atoms with E-state index in [1.165, 1.54) is 0 Å². The van der Waals surface area contributed by atoms with Crippen LogP contribution in [0, 0.1) is 36.5 Å². The van der Waals surface area contributed by atoms with Gasteiger partial charge < -0.3 is 25.8 Å². The molecule has 2 aromatic rings. The lowest BCUT2D eigenvalue weighted by Crippen LogP contribution is -2.27. The third kappa shape index (κ3) is 13.3. The van der Waals surface area contributed by atoms with Crippen molar-refractivity contribution in [3.05, 3.63) is 39.8 Å². The zero-order chi connectivity index (χ0) is 28.4. The van der Waals surface area contributed by atoms with E-state index in [0.29, 0.717) is 40.8 Å². The van der Waals surface area contributed by atoms with Crippen molar-refractivity contribution in [3.63, 3.8) is 0 Å². The summed E-state index contributed by atoms with van der Waals surface area (Å²) in [5.74, 6) is 0. The Balaban J connectivity index is 0.000000827. The van der Waals surface area contributed by atoms with Gasteiger partial charge in [0.2, 0.25) is 0 Å². The largest absolute Gasteiger partial charge is 0.399 e. The van der Waals surface area contributed by atoms with Crippen LogP contribution in [-0.4, -0.2) is 59.1 Å². The molecule has 2 rings (SSSR count). The Bertz CT molecular complexity index is 1140. The predicted octanol–water partition coefficient (Wildman–Crippen LogP) is 3.66. The third-order valence-corrected chi connectivity index (χ3v) is 6.22. The van der Waals surface area contributed by atoms with Crippen molar-refractivity contribution in [1.82, 2.24) is 0 Å². The van der Waals surface area contributed by atoms with Gasteiger partial charge >= 0.3 is 10.4 Å². The van der Waals surface area contributed by atoms with E-state index in [-0.39, 0.29) is 13.2 Å². The van der Waals surface area contributed by atoms with Crippen LogP contribution < -0.4 is 16.4 Å². The highest BCUT2D eigenvalue weighted by atomic mass is 32.3. The van der Waals surface area contributed by atoms with Crippen LogP contribution >= 0.6 is 11.3 Å². The fourth-order valence-corrected chi connectivity index (χ4v) is 3.90. The van der Waals surface area contributed by atoms with Gasteiger partial charge in [0.25, 0.3) is 0 Å². The SMILES string of the molecule is CC.CCN(CCOCCOCCOS(=O)(=O)O)c1ccc(N)c(C)c1.Cc1c(C#N)sc(N)c1C#N. The maximum Gasteiger partial charge on any atom is 0.397 e. The van der Waals surface area contributed by atoms with E-state index in [1.54, 1.807) is 6.92 Å². The van der Waals surface area contributed by atoms with Gasteiger partial charge in [0.15, 0.2) is 0 Å². The van der Waals surface area contributed by atoms with Gasteiger partial charge in [-0.05, 0) is 50.1 Å². The normalized spacial score (nSPS) is 10.3. The van der Waals surface area contributed by atoms with Crippen LogP contribution in [0.25, 0.3) is 0 Å². The van der Waals surface area contributed by atoms with Crippen molar-refractivity contribution >= 4 is 38.1 Å². The van der Waals surface area contributed by atoms with Crippen LogP contribution in [0.1, 0.15) is 42.3 Å². The Kier molecular flexibility index (Phi) is 16.9. The van der Waals surface area contributed by atoms with Crippen molar-refractivity contribution in [1.29, 1.82) is 10.5 Å². The van der Waals surface area contributed by atoms with Crippen molar-refractivity contribution in [2.24, 2.45) is 0 Å². The fraction of sp³-hybridized carbons (Fsp3) is 0.500. The molecule has 0 fully saturated rings. The summed E-state index contributed by atoms with van der Waals surface area (Å²) in [4.78, 5) is 2.71. The number of nitriles is 2. The molecule has 0 aliphatic heterocycles. The molecule has 0 spiro atoms. The lowest BCUT2D eigenvalue weighted by molar-refractivity contribution is 0.0378. The summed E-state index contributed by atoms with van der Waals surface area (Å²) in [6.45, 7) is 12.5. The molecule has 0 amide bonds. The number of hydrogen-bond acceptors (Lipinski definition) is 11. The first-order valence-corrected chi connectivity index (χ1v) is 13.8. The van der Waals surface area contributed by atoms with Gasteiger partial charge in [-0.2, -0.15) is 18.9 Å². The number of anilines is 3. The standard InChI is InChI=1S/C15H26N2O6S.C7H5N3S.C2H6/c1-3-17(14-4-5-15(16)13(2)12-14)6-7-21-8-9-22-10-11-23-24(18,19)20;1-4-5(2-8)7(10)11-6(4)3-9;1-2/h4-5,12H,3,6-11,16H2,1-2H3,(H,18,19,20);10H2,1H3;1-2H3. The number of nitrogens with two attached hydrogens (primary N) is 2. The molecule has 5 N–H and O–H groups in total. The van der Waals surface area contributed by atoms with Crippen LogP contribution in [0.5, 0.6) is 0 Å². The highest BCUT2D eigenvalue weighted by Crippen LogP contribution is 2.28. The van der Waals surface area contributed by atoms with E-state index in [4.69, 9.17) is 36.0 Å². The van der Waals surface area contributed by atoms with Crippen molar-refractivity contribution in [3.8, 4) is 12.1 Å². The minimum absolute atomic E-state index is 0.0644. The number of rotatable bonds is 12. The predicted molar refractivity (Wildman–Crippen MR) is 147 cm³/mol. The van der Waals surface area contributed by atoms with E-state index in [0.717, 1.165) is 41.4 Å². The summed E-state index contributed by atoms with van der Waals surface area (Å²) < 4.78 is 43.7. The summed E-state index contributed by atoms with van der Waals surface area (Å²) in [7, 11) is -4.39. The number of nitrogens with zero attached hydrogens (tertiary/aromatic N) is 3. The van der Waals surface area contributed by atoms with Crippen LogP contribution in [-0.2, 0) is 24.1 Å². The Morgan fingerprint density at radius 2 is 1.62 bits per heavy atom. The van der Waals surface area contributed by atoms with Crippen molar-refractivity contribution < 1.29 is 26.6 Å². The number of aryl methyl sites for hydroxylation is 1. The van der Waals surface area contributed by atoms with Gasteiger partial charge in [0.05, 0.1) is 38.6 Å². The minimum Gasteiger partial charge on any atom is -0.399 e. The second-order valence-electron chi connectivity index (χ2n) is 7.11. The molecule has 0 aliphatic rings. The molecule has 0 saturated carbocycles. The second-order valence-corrected chi connectivity index (χ2v) is 9.26. The topological polar surface area (TPSA) is 185 Å². The highest BCUT2D eigenvalue weighted by molar-refractivity contribution is 7.80. The van der Waals surface area contributed by atoms with Gasteiger partial charge in [0, 0.05) is 24.5 Å². The number of ether oxygens (including phenoxy) is 2. The number of thiophene rings is 1. The van der Waals surface area contributed by atoms with Crippen LogP contribution in [0.4, 0.5) is 16.4 Å². The first-order valence-electron chi connectivity index (χ1n) is 11.6. The van der Waals surface area contributed by atoms with Crippen LogP contribution in [0.15, 0.2) is 18.2 Å². The maximum atomic E-state index is 10.3. The first-order chi connectivity index (χ1) is 17.5. The smallest absolute Gasteiger partial charge is 0.397 e. The molecule has 0 unspecified atom stereocenters. The average Bonchev–Trinajstić information content (AvgIpc) is 3.15. The zero-order valence-corrected chi connectivity index (χ0v) is 23.6. The number of hydrogen-bond donors (Lipinski definition) is 3. The second kappa shape index (κ2) is 18.4. The number of likely N-dealkylation sites (N-methyl/N-ethyl adjacent to an activating group) is 1. The third-order valence-electron chi connectivity index (χ3n) is 4.73. The van der Waals surface area contributed by atoms with Crippen LogP contribution in [0.3, 0.4) is 0 Å². The molecule has 13 heteroatoms. The molecule has 1 aromatic heterocycles. The quantitative estimate of drug-likeness (QED) is 0.197. The average molecular weight is 556 g/mol. The van der Waals surface area contributed by atoms with Gasteiger partial charge in [0.1, 0.15) is 22.0 Å². The number of nitrogen functional groups attached to an aromatic ring is 2. The minimum atomic E-state index is -4.39. The molecule has 1 aromatic carbocycles. The molecule has 0 bridgehead atoms. The lowest BCUT2D eigenvalue weighted by Gasteiger charge is -2.23. The Hall–Kier alpha value is -2.91. The number of benzene rings is 1. The van der Waals surface area contributed by atoms with E-state index in [9.17, 15) is 8.42 Å². The highest BCUT2D eigenvalue weighted by Gasteiger charge is 2.11. The zero-order valence-electron chi connectivity index (χ0n) is 22.0. The molecule has 37 heavy (non-hydrogen) atoms. The molecule has 1 heterocycles. The summed E-state index contributed by atoms with van der Waals surface area (Å²) in [6.07, 6.45) is 0. The summed E-state index contributed by atoms with van der Waals surface area (Å²) >= 11 is 1.16. The van der Waals surface area contributed by atoms with Gasteiger partial charge in [-0.15, -0.1) is 11.3 Å². The molecule has 0 atom stereocenters. The van der Waals surface area contributed by atoms with Gasteiger partial charge in [-0.1, -0.05) is 13.8 Å². The van der Waals surface area contributed by atoms with E-state index >= 15 is 0 Å². The Morgan fingerprint density at radius 1 is 1.03 bits per heavy atom. The van der Waals surface area contributed by atoms with Crippen LogP contribution in [0.2, 0.25) is 0 Å². The maximum absolute atomic E-state index is 10.3. The summed E-state index contributed by atoms with van der Waals surface area (Å²) in [6, 6.07) is 9.87. The molecule has 0 saturated heterocycles. The molecule has 0 aliphatic carbocycles. The van der Waals surface area contributed by atoms with E-state index in [2.05, 4.69) is 22.1 Å². The summed E-state index contributed by atoms with van der Waals surface area (Å²) in [5.41, 5.74) is 15.4. The van der Waals surface area contributed by atoms with Gasteiger partial charge in [-0.3, -0.25) is 4.55 Å². The Labute approximate surface area is 224 Å². The molecule has 11 nitrogen and oxygen atoms in total. The Morgan fingerprint density at radius 3 is 2.08 bits per heavy atom. The lowest BCUT2D eigenvalue weighted by atomic mass is 10.1. The molecule has 206 valence electrons. The van der Waals surface area contributed by atoms with E-state index < -0.39 is 10.4 Å².